The van der Waals surface area contributed by atoms with Crippen molar-refractivity contribution in [2.45, 2.75) is 33.2 Å². The third kappa shape index (κ3) is 2.62. The molecule has 68 valence electrons. The summed E-state index contributed by atoms with van der Waals surface area (Å²) in [5, 5.41) is 7.47. The Kier molecular flexibility index (Phi) is 4.52. The van der Waals surface area contributed by atoms with E-state index in [4.69, 9.17) is 11.1 Å². The van der Waals surface area contributed by atoms with Gasteiger partial charge < -0.3 is 11.1 Å². The molecular formula is C10H18N2. The predicted molar refractivity (Wildman–Crippen MR) is 54.6 cm³/mol. The Morgan fingerprint density at radius 1 is 1.67 bits per heavy atom. The van der Waals surface area contributed by atoms with E-state index in [1.165, 1.54) is 0 Å². The lowest BCUT2D eigenvalue weighted by atomic mass is 9.96. The van der Waals surface area contributed by atoms with E-state index in [-0.39, 0.29) is 6.04 Å². The molecule has 0 aliphatic rings. The first kappa shape index (κ1) is 11.1. The molecule has 0 heterocycles. The van der Waals surface area contributed by atoms with E-state index in [0.29, 0.717) is 5.71 Å². The van der Waals surface area contributed by atoms with Gasteiger partial charge >= 0.3 is 0 Å². The van der Waals surface area contributed by atoms with Gasteiger partial charge in [-0.1, -0.05) is 19.6 Å². The van der Waals surface area contributed by atoms with Crippen LogP contribution in [-0.2, 0) is 0 Å². The molecule has 0 aliphatic heterocycles. The molecule has 0 unspecified atom stereocenters. The fraction of sp³-hybridized carbons (Fsp3) is 0.500. The maximum absolute atomic E-state index is 7.47. The Balaban J connectivity index is 4.56. The molecule has 0 aromatic carbocycles. The van der Waals surface area contributed by atoms with Gasteiger partial charge in [0.2, 0.25) is 0 Å². The highest BCUT2D eigenvalue weighted by Gasteiger charge is 2.10. The highest BCUT2D eigenvalue weighted by atomic mass is 14.6. The molecule has 12 heavy (non-hydrogen) atoms. The van der Waals surface area contributed by atoms with Gasteiger partial charge in [0.05, 0.1) is 0 Å². The van der Waals surface area contributed by atoms with Crippen LogP contribution in [0.4, 0.5) is 0 Å². The van der Waals surface area contributed by atoms with Gasteiger partial charge in [0.15, 0.2) is 0 Å². The van der Waals surface area contributed by atoms with E-state index in [0.717, 1.165) is 17.6 Å². The summed E-state index contributed by atoms with van der Waals surface area (Å²) in [6.07, 6.45) is 2.75. The van der Waals surface area contributed by atoms with Gasteiger partial charge in [-0.3, -0.25) is 0 Å². The zero-order valence-corrected chi connectivity index (χ0v) is 8.15. The fourth-order valence-electron chi connectivity index (χ4n) is 1.09. The van der Waals surface area contributed by atoms with Crippen LogP contribution in [0.2, 0.25) is 0 Å². The molecule has 3 N–H and O–H groups in total. The lowest BCUT2D eigenvalue weighted by molar-refractivity contribution is 0.753. The average Bonchev–Trinajstić information content (AvgIpc) is 2.03. The van der Waals surface area contributed by atoms with Crippen molar-refractivity contribution >= 4 is 5.71 Å². The molecule has 0 saturated heterocycles. The van der Waals surface area contributed by atoms with Crippen LogP contribution in [-0.4, -0.2) is 11.8 Å². The van der Waals surface area contributed by atoms with E-state index in [2.05, 4.69) is 6.58 Å². The largest absolute Gasteiger partial charge is 0.324 e. The molecule has 0 aromatic heterocycles. The quantitative estimate of drug-likeness (QED) is 0.488. The number of nitrogens with two attached hydrogens (primary N) is 1. The maximum atomic E-state index is 7.47. The SMILES string of the molecule is C=C(/C(=C/C)C(C)=N)[C@H](N)CC. The topological polar surface area (TPSA) is 49.9 Å². The van der Waals surface area contributed by atoms with Crippen molar-refractivity contribution in [3.63, 3.8) is 0 Å². The Bertz CT molecular complexity index is 214. The van der Waals surface area contributed by atoms with Gasteiger partial charge in [-0.05, 0) is 31.4 Å². The third-order valence-corrected chi connectivity index (χ3v) is 1.93. The molecule has 0 aliphatic carbocycles. The molecule has 0 rings (SSSR count). The molecule has 0 saturated carbocycles. The second-order valence-corrected chi connectivity index (χ2v) is 2.87. The molecule has 0 fully saturated rings. The Hall–Kier alpha value is -0.890. The van der Waals surface area contributed by atoms with E-state index < -0.39 is 0 Å². The Morgan fingerprint density at radius 3 is 2.42 bits per heavy atom. The summed E-state index contributed by atoms with van der Waals surface area (Å²) < 4.78 is 0. The minimum absolute atomic E-state index is 0.0171. The van der Waals surface area contributed by atoms with Crippen molar-refractivity contribution in [2.24, 2.45) is 5.73 Å². The summed E-state index contributed by atoms with van der Waals surface area (Å²) >= 11 is 0. The molecule has 2 nitrogen and oxygen atoms in total. The summed E-state index contributed by atoms with van der Waals surface area (Å²) in [4.78, 5) is 0. The number of rotatable bonds is 4. The highest BCUT2D eigenvalue weighted by Crippen LogP contribution is 2.13. The van der Waals surface area contributed by atoms with Gasteiger partial charge in [0, 0.05) is 11.8 Å². The number of hydrogen-bond donors (Lipinski definition) is 2. The molecule has 2 heteroatoms. The first-order chi connectivity index (χ1) is 5.54. The summed E-state index contributed by atoms with van der Waals surface area (Å²) in [7, 11) is 0. The van der Waals surface area contributed by atoms with Crippen molar-refractivity contribution in [1.82, 2.24) is 0 Å². The number of nitrogens with one attached hydrogen (secondary N) is 1. The Morgan fingerprint density at radius 2 is 2.17 bits per heavy atom. The molecule has 1 atom stereocenters. The smallest absolute Gasteiger partial charge is 0.0355 e. The van der Waals surface area contributed by atoms with Crippen molar-refractivity contribution in [3.8, 4) is 0 Å². The van der Waals surface area contributed by atoms with Gasteiger partial charge in [0.25, 0.3) is 0 Å². The van der Waals surface area contributed by atoms with Crippen LogP contribution in [0.3, 0.4) is 0 Å². The molecular weight excluding hydrogens is 148 g/mol. The van der Waals surface area contributed by atoms with Gasteiger partial charge in [-0.25, -0.2) is 0 Å². The molecule has 0 aromatic rings. The average molecular weight is 166 g/mol. The van der Waals surface area contributed by atoms with Crippen LogP contribution in [0.5, 0.6) is 0 Å². The van der Waals surface area contributed by atoms with Crippen LogP contribution < -0.4 is 5.73 Å². The van der Waals surface area contributed by atoms with E-state index >= 15 is 0 Å². The lowest BCUT2D eigenvalue weighted by Crippen LogP contribution is -2.23. The van der Waals surface area contributed by atoms with Gasteiger partial charge in [-0.15, -0.1) is 0 Å². The highest BCUT2D eigenvalue weighted by molar-refractivity contribution is 5.99. The second-order valence-electron chi connectivity index (χ2n) is 2.87. The van der Waals surface area contributed by atoms with Crippen molar-refractivity contribution in [3.05, 3.63) is 23.8 Å². The van der Waals surface area contributed by atoms with Crippen LogP contribution in [0, 0.1) is 5.41 Å². The van der Waals surface area contributed by atoms with Crippen LogP contribution in [0.25, 0.3) is 0 Å². The minimum Gasteiger partial charge on any atom is -0.324 e. The minimum atomic E-state index is -0.0171. The van der Waals surface area contributed by atoms with Crippen LogP contribution in [0.1, 0.15) is 27.2 Å². The standard InChI is InChI=1S/C10H18N2/c1-5-9(8(4)11)7(3)10(12)6-2/h5,10-11H,3,6,12H2,1-2,4H3/b9-5-,11-8?/t10-/m1/s1. The van der Waals surface area contributed by atoms with E-state index in [1.54, 1.807) is 6.92 Å². The molecule has 0 spiro atoms. The first-order valence-corrected chi connectivity index (χ1v) is 4.21. The summed E-state index contributed by atoms with van der Waals surface area (Å²) in [6, 6.07) is -0.0171. The zero-order chi connectivity index (χ0) is 9.72. The summed E-state index contributed by atoms with van der Waals surface area (Å²) in [5.74, 6) is 0. The van der Waals surface area contributed by atoms with Crippen LogP contribution >= 0.6 is 0 Å². The van der Waals surface area contributed by atoms with E-state index in [1.807, 2.05) is 19.9 Å². The Labute approximate surface area is 74.7 Å². The van der Waals surface area contributed by atoms with Crippen LogP contribution in [0.15, 0.2) is 23.8 Å². The van der Waals surface area contributed by atoms with Crippen molar-refractivity contribution < 1.29 is 0 Å². The number of hydrogen-bond acceptors (Lipinski definition) is 2. The number of allylic oxidation sites excluding steroid dienone is 1. The van der Waals surface area contributed by atoms with Crippen molar-refractivity contribution in [2.75, 3.05) is 0 Å². The third-order valence-electron chi connectivity index (χ3n) is 1.93. The maximum Gasteiger partial charge on any atom is 0.0355 e. The van der Waals surface area contributed by atoms with Crippen molar-refractivity contribution in [1.29, 1.82) is 5.41 Å². The first-order valence-electron chi connectivity index (χ1n) is 4.21. The zero-order valence-electron chi connectivity index (χ0n) is 8.15. The summed E-state index contributed by atoms with van der Waals surface area (Å²) in [6.45, 7) is 9.56. The van der Waals surface area contributed by atoms with E-state index in [9.17, 15) is 0 Å². The summed E-state index contributed by atoms with van der Waals surface area (Å²) in [5.41, 5.74) is 8.07. The fourth-order valence-corrected chi connectivity index (χ4v) is 1.09. The molecule has 0 radical (unpaired) electrons. The normalized spacial score (nSPS) is 14.2. The monoisotopic (exact) mass is 166 g/mol. The second kappa shape index (κ2) is 4.88. The molecule has 0 amide bonds. The predicted octanol–water partition coefficient (Wildman–Crippen LogP) is 2.27. The molecule has 0 bridgehead atoms. The van der Waals surface area contributed by atoms with Gasteiger partial charge in [-0.2, -0.15) is 0 Å². The lowest BCUT2D eigenvalue weighted by Gasteiger charge is -2.14. The van der Waals surface area contributed by atoms with Gasteiger partial charge in [0.1, 0.15) is 0 Å².